The van der Waals surface area contributed by atoms with Crippen molar-refractivity contribution in [1.82, 2.24) is 0 Å². The second kappa shape index (κ2) is 6.04. The van der Waals surface area contributed by atoms with Gasteiger partial charge in [0.25, 0.3) is 0 Å². The number of rotatable bonds is 4. The van der Waals surface area contributed by atoms with Crippen molar-refractivity contribution in [2.24, 2.45) is 0 Å². The molecule has 2 aromatic rings. The molecule has 0 spiro atoms. The Balaban J connectivity index is 2.20. The maximum atomic E-state index is 12.4. The third kappa shape index (κ3) is 3.16. The standard InChI is InChI=1S/C19H22O/c1-13(2)16-8-10-17(11-9-16)19(20)12-18-14(3)6-5-7-15(18)4/h5-11,13H,12H2,1-4H3. The average molecular weight is 266 g/mol. The lowest BCUT2D eigenvalue weighted by atomic mass is 9.94. The summed E-state index contributed by atoms with van der Waals surface area (Å²) in [4.78, 5) is 12.4. The Hall–Kier alpha value is -1.89. The van der Waals surface area contributed by atoms with Gasteiger partial charge in [0, 0.05) is 12.0 Å². The number of hydrogen-bond acceptors (Lipinski definition) is 1. The van der Waals surface area contributed by atoms with Gasteiger partial charge in [-0.25, -0.2) is 0 Å². The van der Waals surface area contributed by atoms with E-state index in [9.17, 15) is 4.79 Å². The van der Waals surface area contributed by atoms with Crippen LogP contribution in [-0.4, -0.2) is 5.78 Å². The minimum Gasteiger partial charge on any atom is -0.294 e. The highest BCUT2D eigenvalue weighted by atomic mass is 16.1. The highest BCUT2D eigenvalue weighted by Crippen LogP contribution is 2.18. The summed E-state index contributed by atoms with van der Waals surface area (Å²) in [5.74, 6) is 0.690. The van der Waals surface area contributed by atoms with Crippen molar-refractivity contribution < 1.29 is 4.79 Å². The number of carbonyl (C=O) groups is 1. The molecular weight excluding hydrogens is 244 g/mol. The fourth-order valence-corrected chi connectivity index (χ4v) is 2.44. The Kier molecular flexibility index (Phi) is 4.39. The van der Waals surface area contributed by atoms with E-state index in [1.807, 2.05) is 18.2 Å². The Morgan fingerprint density at radius 3 is 2.00 bits per heavy atom. The van der Waals surface area contributed by atoms with Crippen molar-refractivity contribution in [3.63, 3.8) is 0 Å². The molecule has 0 heterocycles. The highest BCUT2D eigenvalue weighted by molar-refractivity contribution is 5.97. The van der Waals surface area contributed by atoms with E-state index in [0.717, 1.165) is 11.1 Å². The second-order valence-electron chi connectivity index (χ2n) is 5.75. The number of carbonyl (C=O) groups excluding carboxylic acids is 1. The van der Waals surface area contributed by atoms with Gasteiger partial charge in [-0.15, -0.1) is 0 Å². The summed E-state index contributed by atoms with van der Waals surface area (Å²) in [6, 6.07) is 14.2. The van der Waals surface area contributed by atoms with E-state index < -0.39 is 0 Å². The Labute approximate surface area is 121 Å². The predicted molar refractivity (Wildman–Crippen MR) is 84.5 cm³/mol. The summed E-state index contributed by atoms with van der Waals surface area (Å²) in [5, 5.41) is 0. The molecule has 0 bridgehead atoms. The minimum absolute atomic E-state index is 0.192. The van der Waals surface area contributed by atoms with Gasteiger partial charge in [-0.3, -0.25) is 4.79 Å². The monoisotopic (exact) mass is 266 g/mol. The lowest BCUT2D eigenvalue weighted by Crippen LogP contribution is -2.06. The zero-order valence-corrected chi connectivity index (χ0v) is 12.7. The van der Waals surface area contributed by atoms with Crippen LogP contribution in [0.25, 0.3) is 0 Å². The first kappa shape index (κ1) is 14.5. The summed E-state index contributed by atoms with van der Waals surface area (Å²) in [6.45, 7) is 8.45. The van der Waals surface area contributed by atoms with Gasteiger partial charge < -0.3 is 0 Å². The molecule has 0 radical (unpaired) electrons. The fraction of sp³-hybridized carbons (Fsp3) is 0.316. The van der Waals surface area contributed by atoms with E-state index in [4.69, 9.17) is 0 Å². The third-order valence-corrected chi connectivity index (χ3v) is 3.88. The number of Topliss-reactive ketones (excluding diaryl/α,β-unsaturated/α-hetero) is 1. The normalized spacial score (nSPS) is 10.8. The van der Waals surface area contributed by atoms with E-state index in [-0.39, 0.29) is 5.78 Å². The summed E-state index contributed by atoms with van der Waals surface area (Å²) in [5.41, 5.74) is 5.62. The fourth-order valence-electron chi connectivity index (χ4n) is 2.44. The Morgan fingerprint density at radius 2 is 1.50 bits per heavy atom. The second-order valence-corrected chi connectivity index (χ2v) is 5.75. The van der Waals surface area contributed by atoms with Gasteiger partial charge >= 0.3 is 0 Å². The zero-order chi connectivity index (χ0) is 14.7. The number of aryl methyl sites for hydroxylation is 2. The molecule has 0 saturated heterocycles. The van der Waals surface area contributed by atoms with Gasteiger partial charge in [-0.05, 0) is 42.0 Å². The van der Waals surface area contributed by atoms with E-state index in [0.29, 0.717) is 12.3 Å². The molecular formula is C19H22O. The molecule has 0 saturated carbocycles. The van der Waals surface area contributed by atoms with Crippen molar-refractivity contribution in [3.05, 3.63) is 70.3 Å². The van der Waals surface area contributed by atoms with Crippen molar-refractivity contribution >= 4 is 5.78 Å². The number of ketones is 1. The molecule has 0 unspecified atom stereocenters. The maximum absolute atomic E-state index is 12.4. The average Bonchev–Trinajstić information content (AvgIpc) is 2.43. The number of hydrogen-bond donors (Lipinski definition) is 0. The SMILES string of the molecule is Cc1cccc(C)c1CC(=O)c1ccc(C(C)C)cc1. The molecule has 0 aliphatic carbocycles. The molecule has 0 aromatic heterocycles. The Bertz CT molecular complexity index is 586. The van der Waals surface area contributed by atoms with Gasteiger partial charge in [-0.1, -0.05) is 56.3 Å². The summed E-state index contributed by atoms with van der Waals surface area (Å²) in [6.07, 6.45) is 0.486. The maximum Gasteiger partial charge on any atom is 0.167 e. The number of benzene rings is 2. The molecule has 0 N–H and O–H groups in total. The molecule has 0 aliphatic rings. The molecule has 20 heavy (non-hydrogen) atoms. The molecule has 0 aliphatic heterocycles. The first-order chi connectivity index (χ1) is 9.49. The lowest BCUT2D eigenvalue weighted by Gasteiger charge is -2.10. The minimum atomic E-state index is 0.192. The zero-order valence-electron chi connectivity index (χ0n) is 12.7. The van der Waals surface area contributed by atoms with Crippen LogP contribution in [0, 0.1) is 13.8 Å². The van der Waals surface area contributed by atoms with Crippen LogP contribution in [-0.2, 0) is 6.42 Å². The lowest BCUT2D eigenvalue weighted by molar-refractivity contribution is 0.0992. The van der Waals surface area contributed by atoms with Crippen LogP contribution in [0.15, 0.2) is 42.5 Å². The van der Waals surface area contributed by atoms with Crippen LogP contribution in [0.4, 0.5) is 0 Å². The van der Waals surface area contributed by atoms with E-state index in [2.05, 4.69) is 52.0 Å². The third-order valence-electron chi connectivity index (χ3n) is 3.88. The summed E-state index contributed by atoms with van der Waals surface area (Å²) >= 11 is 0. The van der Waals surface area contributed by atoms with Crippen LogP contribution in [0.1, 0.15) is 52.4 Å². The first-order valence-corrected chi connectivity index (χ1v) is 7.17. The van der Waals surface area contributed by atoms with E-state index in [1.165, 1.54) is 16.7 Å². The molecule has 0 fully saturated rings. The van der Waals surface area contributed by atoms with Gasteiger partial charge in [0.1, 0.15) is 0 Å². The first-order valence-electron chi connectivity index (χ1n) is 7.17. The van der Waals surface area contributed by atoms with Crippen molar-refractivity contribution in [2.75, 3.05) is 0 Å². The van der Waals surface area contributed by atoms with Crippen LogP contribution in [0.2, 0.25) is 0 Å². The predicted octanol–water partition coefficient (Wildman–Crippen LogP) is 4.85. The topological polar surface area (TPSA) is 17.1 Å². The van der Waals surface area contributed by atoms with Crippen LogP contribution < -0.4 is 0 Å². The van der Waals surface area contributed by atoms with Gasteiger partial charge in [0.2, 0.25) is 0 Å². The van der Waals surface area contributed by atoms with E-state index >= 15 is 0 Å². The van der Waals surface area contributed by atoms with Crippen LogP contribution >= 0.6 is 0 Å². The van der Waals surface area contributed by atoms with Gasteiger partial charge in [-0.2, -0.15) is 0 Å². The molecule has 104 valence electrons. The summed E-state index contributed by atoms with van der Waals surface area (Å²) < 4.78 is 0. The van der Waals surface area contributed by atoms with Crippen LogP contribution in [0.3, 0.4) is 0 Å². The smallest absolute Gasteiger partial charge is 0.167 e. The van der Waals surface area contributed by atoms with Crippen molar-refractivity contribution in [1.29, 1.82) is 0 Å². The molecule has 0 amide bonds. The van der Waals surface area contributed by atoms with Gasteiger partial charge in [0.15, 0.2) is 5.78 Å². The van der Waals surface area contributed by atoms with Gasteiger partial charge in [0.05, 0.1) is 0 Å². The molecule has 1 heteroatoms. The van der Waals surface area contributed by atoms with Crippen LogP contribution in [0.5, 0.6) is 0 Å². The molecule has 1 nitrogen and oxygen atoms in total. The van der Waals surface area contributed by atoms with Crippen molar-refractivity contribution in [3.8, 4) is 0 Å². The molecule has 0 atom stereocenters. The molecule has 2 rings (SSSR count). The van der Waals surface area contributed by atoms with Crippen molar-refractivity contribution in [2.45, 2.75) is 40.0 Å². The molecule has 2 aromatic carbocycles. The Morgan fingerprint density at radius 1 is 0.950 bits per heavy atom. The van der Waals surface area contributed by atoms with E-state index in [1.54, 1.807) is 0 Å². The highest BCUT2D eigenvalue weighted by Gasteiger charge is 2.11. The summed E-state index contributed by atoms with van der Waals surface area (Å²) in [7, 11) is 0. The largest absolute Gasteiger partial charge is 0.294 e. The quantitative estimate of drug-likeness (QED) is 0.723.